The molecule has 23 heavy (non-hydrogen) atoms. The molecule has 2 aromatic rings. The predicted molar refractivity (Wildman–Crippen MR) is 92.5 cm³/mol. The third-order valence-electron chi connectivity index (χ3n) is 4.32. The van der Waals surface area contributed by atoms with E-state index in [0.717, 1.165) is 24.2 Å². The highest BCUT2D eigenvalue weighted by atomic mass is 16.2. The predicted octanol–water partition coefficient (Wildman–Crippen LogP) is 3.25. The van der Waals surface area contributed by atoms with Crippen molar-refractivity contribution in [2.75, 3.05) is 20.6 Å². The molecule has 0 unspecified atom stereocenters. The maximum Gasteiger partial charge on any atom is 0.268 e. The molecular formula is C19H25N3O. The van der Waals surface area contributed by atoms with Gasteiger partial charge < -0.3 is 14.8 Å². The summed E-state index contributed by atoms with van der Waals surface area (Å²) < 4.78 is 2.11. The largest absolute Gasteiger partial charge is 0.344 e. The molecule has 1 aliphatic rings. The first-order chi connectivity index (χ1) is 11.1. The van der Waals surface area contributed by atoms with Gasteiger partial charge in [-0.3, -0.25) is 4.79 Å². The lowest BCUT2D eigenvalue weighted by Gasteiger charge is -2.21. The standard InChI is InChI=1S/C19H25N3O/c1-21(2)14-12-17(15-7-4-3-5-8-15)20-19(23)18-9-6-13-22(18)16-10-11-16/h3-9,13,16-17H,10-12,14H2,1-2H3,(H,20,23)/t17-/m1/s1. The minimum absolute atomic E-state index is 0.0227. The molecule has 1 atom stereocenters. The van der Waals surface area contributed by atoms with Gasteiger partial charge in [0.25, 0.3) is 5.91 Å². The van der Waals surface area contributed by atoms with Gasteiger partial charge in [-0.2, -0.15) is 0 Å². The zero-order valence-electron chi connectivity index (χ0n) is 13.9. The minimum atomic E-state index is 0.0227. The van der Waals surface area contributed by atoms with Crippen molar-refractivity contribution >= 4 is 5.91 Å². The quantitative estimate of drug-likeness (QED) is 0.852. The Hall–Kier alpha value is -2.07. The molecular weight excluding hydrogens is 286 g/mol. The maximum absolute atomic E-state index is 12.7. The Morgan fingerprint density at radius 3 is 2.61 bits per heavy atom. The van der Waals surface area contributed by atoms with Crippen molar-refractivity contribution in [3.05, 3.63) is 59.9 Å². The van der Waals surface area contributed by atoms with E-state index >= 15 is 0 Å². The molecule has 1 saturated carbocycles. The summed E-state index contributed by atoms with van der Waals surface area (Å²) in [6.07, 6.45) is 5.27. The van der Waals surface area contributed by atoms with Gasteiger partial charge in [0, 0.05) is 12.2 Å². The van der Waals surface area contributed by atoms with E-state index < -0.39 is 0 Å². The Balaban J connectivity index is 1.74. The fraction of sp³-hybridized carbons (Fsp3) is 0.421. The highest BCUT2D eigenvalue weighted by molar-refractivity contribution is 5.93. The fourth-order valence-electron chi connectivity index (χ4n) is 2.88. The lowest BCUT2D eigenvalue weighted by molar-refractivity contribution is 0.0923. The summed E-state index contributed by atoms with van der Waals surface area (Å²) >= 11 is 0. The normalized spacial score (nSPS) is 15.6. The second kappa shape index (κ2) is 7.01. The van der Waals surface area contributed by atoms with Crippen LogP contribution in [-0.4, -0.2) is 36.0 Å². The van der Waals surface area contributed by atoms with Crippen molar-refractivity contribution in [2.45, 2.75) is 31.3 Å². The van der Waals surface area contributed by atoms with Crippen LogP contribution in [-0.2, 0) is 0 Å². The van der Waals surface area contributed by atoms with E-state index in [2.05, 4.69) is 41.0 Å². The van der Waals surface area contributed by atoms with Gasteiger partial charge in [0.05, 0.1) is 6.04 Å². The fourth-order valence-corrected chi connectivity index (χ4v) is 2.88. The topological polar surface area (TPSA) is 37.3 Å². The van der Waals surface area contributed by atoms with E-state index in [-0.39, 0.29) is 11.9 Å². The Bertz CT molecular complexity index is 644. The number of hydrogen-bond acceptors (Lipinski definition) is 2. The summed E-state index contributed by atoms with van der Waals surface area (Å²) in [7, 11) is 4.12. The van der Waals surface area contributed by atoms with Crippen molar-refractivity contribution in [1.29, 1.82) is 0 Å². The number of nitrogens with one attached hydrogen (secondary N) is 1. The maximum atomic E-state index is 12.7. The highest BCUT2D eigenvalue weighted by Gasteiger charge is 2.27. The first-order valence-electron chi connectivity index (χ1n) is 8.32. The van der Waals surface area contributed by atoms with E-state index in [1.54, 1.807) is 0 Å². The molecule has 0 aliphatic heterocycles. The number of benzene rings is 1. The Labute approximate surface area is 138 Å². The minimum Gasteiger partial charge on any atom is -0.344 e. The molecule has 1 aromatic carbocycles. The Morgan fingerprint density at radius 2 is 1.96 bits per heavy atom. The van der Waals surface area contributed by atoms with Gasteiger partial charge in [-0.05, 0) is 57.6 Å². The number of rotatable bonds is 7. The molecule has 1 fully saturated rings. The van der Waals surface area contributed by atoms with Gasteiger partial charge in [0.15, 0.2) is 0 Å². The zero-order valence-corrected chi connectivity index (χ0v) is 13.9. The SMILES string of the molecule is CN(C)CC[C@@H](NC(=O)c1cccn1C1CC1)c1ccccc1. The van der Waals surface area contributed by atoms with E-state index in [1.165, 1.54) is 12.8 Å². The summed E-state index contributed by atoms with van der Waals surface area (Å²) in [4.78, 5) is 14.9. The highest BCUT2D eigenvalue weighted by Crippen LogP contribution is 2.36. The van der Waals surface area contributed by atoms with Crippen LogP contribution in [0.2, 0.25) is 0 Å². The summed E-state index contributed by atoms with van der Waals surface area (Å²) in [5.74, 6) is 0.0227. The summed E-state index contributed by atoms with van der Waals surface area (Å²) in [5, 5.41) is 3.23. The number of carbonyl (C=O) groups is 1. The van der Waals surface area contributed by atoms with Crippen LogP contribution in [0.25, 0.3) is 0 Å². The van der Waals surface area contributed by atoms with Gasteiger partial charge >= 0.3 is 0 Å². The van der Waals surface area contributed by atoms with Gasteiger partial charge in [-0.25, -0.2) is 0 Å². The Kier molecular flexibility index (Phi) is 4.82. The van der Waals surface area contributed by atoms with Crippen LogP contribution in [0.5, 0.6) is 0 Å². The molecule has 122 valence electrons. The van der Waals surface area contributed by atoms with Crippen LogP contribution in [0.15, 0.2) is 48.7 Å². The molecule has 0 bridgehead atoms. The van der Waals surface area contributed by atoms with Crippen molar-refractivity contribution < 1.29 is 4.79 Å². The second-order valence-corrected chi connectivity index (χ2v) is 6.56. The van der Waals surface area contributed by atoms with Crippen molar-refractivity contribution in [3.63, 3.8) is 0 Å². The molecule has 1 amide bonds. The van der Waals surface area contributed by atoms with E-state index in [1.807, 2.05) is 36.5 Å². The van der Waals surface area contributed by atoms with E-state index in [4.69, 9.17) is 0 Å². The second-order valence-electron chi connectivity index (χ2n) is 6.56. The summed E-state index contributed by atoms with van der Waals surface area (Å²) in [6, 6.07) is 14.7. The molecule has 1 heterocycles. The lowest BCUT2D eigenvalue weighted by atomic mass is 10.0. The van der Waals surface area contributed by atoms with Crippen LogP contribution in [0.3, 0.4) is 0 Å². The van der Waals surface area contributed by atoms with Crippen LogP contribution in [0.1, 0.15) is 47.4 Å². The zero-order chi connectivity index (χ0) is 16.2. The molecule has 0 saturated heterocycles. The van der Waals surface area contributed by atoms with Crippen molar-refractivity contribution in [1.82, 2.24) is 14.8 Å². The van der Waals surface area contributed by atoms with Crippen molar-refractivity contribution in [3.8, 4) is 0 Å². The molecule has 0 spiro atoms. The van der Waals surface area contributed by atoms with Crippen LogP contribution in [0, 0.1) is 0 Å². The van der Waals surface area contributed by atoms with Crippen molar-refractivity contribution in [2.24, 2.45) is 0 Å². The van der Waals surface area contributed by atoms with Gasteiger partial charge in [0.1, 0.15) is 5.69 Å². The molecule has 1 aromatic heterocycles. The Morgan fingerprint density at radius 1 is 1.22 bits per heavy atom. The first-order valence-corrected chi connectivity index (χ1v) is 8.32. The van der Waals surface area contributed by atoms with Crippen LogP contribution < -0.4 is 5.32 Å². The number of carbonyl (C=O) groups excluding carboxylic acids is 1. The third-order valence-corrected chi connectivity index (χ3v) is 4.32. The first kappa shape index (κ1) is 15.8. The molecule has 1 N–H and O–H groups in total. The molecule has 3 rings (SSSR count). The van der Waals surface area contributed by atoms with Crippen LogP contribution in [0.4, 0.5) is 0 Å². The molecule has 1 aliphatic carbocycles. The lowest BCUT2D eigenvalue weighted by Crippen LogP contribution is -2.32. The summed E-state index contributed by atoms with van der Waals surface area (Å²) in [5.41, 5.74) is 1.94. The number of amides is 1. The number of aromatic nitrogens is 1. The average molecular weight is 311 g/mol. The smallest absolute Gasteiger partial charge is 0.268 e. The number of nitrogens with zero attached hydrogens (tertiary/aromatic N) is 2. The van der Waals surface area contributed by atoms with E-state index in [0.29, 0.717) is 6.04 Å². The molecule has 0 radical (unpaired) electrons. The molecule has 4 heteroatoms. The van der Waals surface area contributed by atoms with Gasteiger partial charge in [0.2, 0.25) is 0 Å². The monoisotopic (exact) mass is 311 g/mol. The average Bonchev–Trinajstić information content (AvgIpc) is 3.28. The van der Waals surface area contributed by atoms with E-state index in [9.17, 15) is 4.79 Å². The van der Waals surface area contributed by atoms with Gasteiger partial charge in [-0.15, -0.1) is 0 Å². The van der Waals surface area contributed by atoms with Gasteiger partial charge in [-0.1, -0.05) is 30.3 Å². The number of hydrogen-bond donors (Lipinski definition) is 1. The summed E-state index contributed by atoms with van der Waals surface area (Å²) in [6.45, 7) is 0.934. The molecule has 4 nitrogen and oxygen atoms in total. The third kappa shape index (κ3) is 4.02. The van der Waals surface area contributed by atoms with Crippen LogP contribution >= 0.6 is 0 Å².